The molecule has 0 aliphatic heterocycles. The molecule has 0 fully saturated rings. The molecule has 0 atom stereocenters. The summed E-state index contributed by atoms with van der Waals surface area (Å²) >= 11 is 0. The lowest BCUT2D eigenvalue weighted by molar-refractivity contribution is 0.378. The maximum absolute atomic E-state index is 6.79. The van der Waals surface area contributed by atoms with E-state index in [1.807, 2.05) is 12.3 Å². The average Bonchev–Trinajstić information content (AvgIpc) is 3.59. The van der Waals surface area contributed by atoms with Crippen LogP contribution >= 0.6 is 0 Å². The van der Waals surface area contributed by atoms with Crippen LogP contribution in [0.4, 0.5) is 0 Å². The summed E-state index contributed by atoms with van der Waals surface area (Å²) in [5, 5.41) is 7.48. The Morgan fingerprint density at radius 2 is 1.53 bits per heavy atom. The first-order chi connectivity index (χ1) is 24.6. The molecule has 5 nitrogen and oxygen atoms in total. The molecule has 7 aromatic rings. The van der Waals surface area contributed by atoms with Crippen molar-refractivity contribution in [2.45, 2.75) is 87.0 Å². The van der Waals surface area contributed by atoms with Gasteiger partial charge in [-0.15, -0.1) is 0 Å². The summed E-state index contributed by atoms with van der Waals surface area (Å²) in [5.74, 6) is 2.52. The Balaban J connectivity index is 1.32. The number of fused-ring (bicyclic) bond motifs is 3. The lowest BCUT2D eigenvalue weighted by atomic mass is 9.88. The summed E-state index contributed by atoms with van der Waals surface area (Å²) in [7, 11) is 0. The highest BCUT2D eigenvalue weighted by Gasteiger charge is 2.19. The molecule has 0 saturated carbocycles. The first-order valence-corrected chi connectivity index (χ1v) is 18.5. The molecule has 0 saturated heterocycles. The normalized spacial score (nSPS) is 11.9. The van der Waals surface area contributed by atoms with Crippen molar-refractivity contribution in [2.24, 2.45) is 5.41 Å². The van der Waals surface area contributed by atoms with Crippen molar-refractivity contribution in [2.75, 3.05) is 0 Å². The maximum atomic E-state index is 6.79. The fraction of sp³-hybridized carbons (Fsp3) is 0.304. The highest BCUT2D eigenvalue weighted by Crippen LogP contribution is 2.37. The van der Waals surface area contributed by atoms with Gasteiger partial charge in [-0.1, -0.05) is 76.9 Å². The number of nitrogens with zero attached hydrogens (tertiary/aromatic N) is 4. The number of rotatable bonds is 11. The summed E-state index contributed by atoms with van der Waals surface area (Å²) in [6, 6.07) is 34.8. The van der Waals surface area contributed by atoms with E-state index in [4.69, 9.17) is 14.8 Å². The summed E-state index contributed by atoms with van der Waals surface area (Å²) in [4.78, 5) is 4.83. The van der Waals surface area contributed by atoms with Crippen LogP contribution in [0.1, 0.15) is 81.5 Å². The maximum Gasteiger partial charge on any atom is 0.137 e. The third-order valence-corrected chi connectivity index (χ3v) is 9.95. The molecule has 0 unspecified atom stereocenters. The number of aryl methyl sites for hydroxylation is 4. The average molecular weight is 675 g/mol. The van der Waals surface area contributed by atoms with Crippen LogP contribution in [0.2, 0.25) is 0 Å². The van der Waals surface area contributed by atoms with E-state index in [1.54, 1.807) is 0 Å². The summed E-state index contributed by atoms with van der Waals surface area (Å²) in [5.41, 5.74) is 11.8. The van der Waals surface area contributed by atoms with Crippen LogP contribution in [0.5, 0.6) is 11.5 Å². The Morgan fingerprint density at radius 3 is 2.29 bits per heavy atom. The van der Waals surface area contributed by atoms with Crippen molar-refractivity contribution in [3.63, 3.8) is 0 Å². The lowest BCUT2D eigenvalue weighted by Gasteiger charge is -2.17. The number of pyridine rings is 1. The fourth-order valence-corrected chi connectivity index (χ4v) is 7.28. The first kappa shape index (κ1) is 34.3. The number of unbranched alkanes of at least 4 members (excludes halogenated alkanes) is 2. The fourth-order valence-electron chi connectivity index (χ4n) is 7.28. The Hall–Kier alpha value is -5.16. The van der Waals surface area contributed by atoms with Crippen molar-refractivity contribution >= 4 is 21.8 Å². The van der Waals surface area contributed by atoms with Gasteiger partial charge in [0.2, 0.25) is 0 Å². The number of aromatic nitrogens is 4. The second-order valence-electron chi connectivity index (χ2n) is 15.3. The Morgan fingerprint density at radius 1 is 0.706 bits per heavy atom. The molecule has 51 heavy (non-hydrogen) atoms. The highest BCUT2D eigenvalue weighted by atomic mass is 16.5. The van der Waals surface area contributed by atoms with Crippen LogP contribution in [0, 0.1) is 26.2 Å². The van der Waals surface area contributed by atoms with E-state index in [-0.39, 0.29) is 5.41 Å². The van der Waals surface area contributed by atoms with Crippen LogP contribution in [-0.2, 0) is 12.8 Å². The van der Waals surface area contributed by atoms with E-state index in [1.165, 1.54) is 51.4 Å². The summed E-state index contributed by atoms with van der Waals surface area (Å²) in [6.07, 6.45) is 8.60. The minimum Gasteiger partial charge on any atom is -0.457 e. The van der Waals surface area contributed by atoms with Gasteiger partial charge >= 0.3 is 0 Å². The van der Waals surface area contributed by atoms with E-state index in [0.29, 0.717) is 0 Å². The van der Waals surface area contributed by atoms with Crippen LogP contribution in [0.25, 0.3) is 44.4 Å². The zero-order chi connectivity index (χ0) is 35.7. The Bertz CT molecular complexity index is 2320. The van der Waals surface area contributed by atoms with Gasteiger partial charge in [0.05, 0.1) is 22.4 Å². The quantitative estimate of drug-likeness (QED) is 0.128. The summed E-state index contributed by atoms with van der Waals surface area (Å²) in [6.45, 7) is 15.6. The van der Waals surface area contributed by atoms with Gasteiger partial charge in [0.25, 0.3) is 0 Å². The van der Waals surface area contributed by atoms with Crippen LogP contribution < -0.4 is 4.74 Å². The molecule has 7 rings (SSSR count). The van der Waals surface area contributed by atoms with Crippen LogP contribution in [-0.4, -0.2) is 19.3 Å². The molecule has 0 amide bonds. The number of hydrogen-bond acceptors (Lipinski definition) is 3. The van der Waals surface area contributed by atoms with E-state index >= 15 is 0 Å². The topological polar surface area (TPSA) is 44.9 Å². The van der Waals surface area contributed by atoms with Crippen molar-refractivity contribution < 1.29 is 4.74 Å². The molecular weight excluding hydrogens is 625 g/mol. The molecule has 3 aromatic heterocycles. The van der Waals surface area contributed by atoms with E-state index in [9.17, 15) is 0 Å². The van der Waals surface area contributed by atoms with Gasteiger partial charge in [-0.3, -0.25) is 4.57 Å². The monoisotopic (exact) mass is 674 g/mol. The molecular formula is C46H50N4O. The van der Waals surface area contributed by atoms with Gasteiger partial charge in [-0.25, -0.2) is 9.67 Å². The van der Waals surface area contributed by atoms with Gasteiger partial charge in [-0.2, -0.15) is 5.10 Å². The first-order valence-electron chi connectivity index (χ1n) is 18.5. The third kappa shape index (κ3) is 7.35. The zero-order valence-electron chi connectivity index (χ0n) is 31.3. The van der Waals surface area contributed by atoms with E-state index in [2.05, 4.69) is 149 Å². The highest BCUT2D eigenvalue weighted by molar-refractivity contribution is 6.09. The minimum atomic E-state index is 0.285. The molecule has 0 aliphatic rings. The SMILES string of the molecule is CCCCCc1cc(Oc2ccc3c4cc(CCC(C)(C)C)ccc4n(-c4cc(C)ccn4)c3c2)cc(-n2nc(C)c(-c3ccccc3)c2C)c1. The van der Waals surface area contributed by atoms with E-state index in [0.717, 1.165) is 71.1 Å². The predicted octanol–water partition coefficient (Wildman–Crippen LogP) is 12.5. The van der Waals surface area contributed by atoms with Crippen molar-refractivity contribution in [3.8, 4) is 34.1 Å². The second kappa shape index (κ2) is 14.2. The molecule has 3 heterocycles. The van der Waals surface area contributed by atoms with Gasteiger partial charge in [-0.05, 0) is 123 Å². The standard InChI is InChI=1S/C46H50N4O/c1-8-9-11-14-35-26-37(50-33(4)45(32(3)48-50)36-15-12-10-13-16-36)29-39(27-35)51-38-18-19-40-41-28-34(21-23-46(5,6)7)17-20-42(41)49(43(40)30-38)44-25-31(2)22-24-47-44/h10,12-13,15-20,22,24-30H,8-9,11,14,21,23H2,1-7H3. The molecule has 0 radical (unpaired) electrons. The van der Waals surface area contributed by atoms with E-state index < -0.39 is 0 Å². The van der Waals surface area contributed by atoms with Gasteiger partial charge in [0, 0.05) is 40.4 Å². The molecule has 0 spiro atoms. The number of ether oxygens (including phenoxy) is 1. The number of benzene rings is 4. The van der Waals surface area contributed by atoms with Crippen LogP contribution in [0.15, 0.2) is 103 Å². The molecule has 0 bridgehead atoms. The van der Waals surface area contributed by atoms with Crippen LogP contribution in [0.3, 0.4) is 0 Å². The molecule has 5 heteroatoms. The van der Waals surface area contributed by atoms with Crippen molar-refractivity contribution in [3.05, 3.63) is 131 Å². The number of hydrogen-bond donors (Lipinski definition) is 0. The lowest BCUT2D eigenvalue weighted by Crippen LogP contribution is -2.06. The van der Waals surface area contributed by atoms with Crippen molar-refractivity contribution in [1.82, 2.24) is 19.3 Å². The Kier molecular flexibility index (Phi) is 9.56. The zero-order valence-corrected chi connectivity index (χ0v) is 31.3. The van der Waals surface area contributed by atoms with Gasteiger partial charge in [0.15, 0.2) is 0 Å². The van der Waals surface area contributed by atoms with Crippen molar-refractivity contribution in [1.29, 1.82) is 0 Å². The third-order valence-electron chi connectivity index (χ3n) is 9.95. The largest absolute Gasteiger partial charge is 0.457 e. The Labute approximate surface area is 302 Å². The summed E-state index contributed by atoms with van der Waals surface area (Å²) < 4.78 is 11.2. The smallest absolute Gasteiger partial charge is 0.137 e. The molecule has 4 aromatic carbocycles. The van der Waals surface area contributed by atoms with Gasteiger partial charge < -0.3 is 4.74 Å². The second-order valence-corrected chi connectivity index (χ2v) is 15.3. The van der Waals surface area contributed by atoms with Gasteiger partial charge in [0.1, 0.15) is 17.3 Å². The molecule has 260 valence electrons. The minimum absolute atomic E-state index is 0.285. The predicted molar refractivity (Wildman–Crippen MR) is 213 cm³/mol. The molecule has 0 aliphatic carbocycles. The molecule has 0 N–H and O–H groups in total.